The first-order valence-electron chi connectivity index (χ1n) is 11.3. The van der Waals surface area contributed by atoms with Crippen LogP contribution < -0.4 is 22.1 Å². The fourth-order valence-corrected chi connectivity index (χ4v) is 5.12. The Hall–Kier alpha value is -2.87. The van der Waals surface area contributed by atoms with Crippen LogP contribution in [0.1, 0.15) is 32.6 Å². The zero-order valence-electron chi connectivity index (χ0n) is 19.8. The maximum atomic E-state index is 9.64. The highest BCUT2D eigenvalue weighted by molar-refractivity contribution is 7.99. The third-order valence-electron chi connectivity index (χ3n) is 6.32. The molecular formula is C22H30ClN7O5S. The van der Waals surface area contributed by atoms with Gasteiger partial charge < -0.3 is 37.1 Å². The average molecular weight is 540 g/mol. The van der Waals surface area contributed by atoms with Crippen molar-refractivity contribution in [3.05, 3.63) is 23.5 Å². The summed E-state index contributed by atoms with van der Waals surface area (Å²) >= 11 is 7.53. The van der Waals surface area contributed by atoms with Gasteiger partial charge in [0.15, 0.2) is 5.82 Å². The summed E-state index contributed by atoms with van der Waals surface area (Å²) in [5, 5.41) is 16.8. The van der Waals surface area contributed by atoms with E-state index >= 15 is 0 Å². The van der Waals surface area contributed by atoms with Gasteiger partial charge in [-0.3, -0.25) is 9.59 Å². The maximum absolute atomic E-state index is 9.64. The maximum Gasteiger partial charge on any atom is 0.303 e. The number of nitrogen functional groups attached to an aromatic ring is 2. The van der Waals surface area contributed by atoms with Gasteiger partial charge in [0.25, 0.3) is 0 Å². The van der Waals surface area contributed by atoms with Crippen LogP contribution in [0.5, 0.6) is 0 Å². The molecule has 2 saturated heterocycles. The van der Waals surface area contributed by atoms with Crippen molar-refractivity contribution in [1.82, 2.24) is 15.0 Å². The highest BCUT2D eigenvalue weighted by Crippen LogP contribution is 2.42. The molecule has 0 saturated carbocycles. The number of nitrogens with zero attached hydrogens (tertiary/aromatic N) is 4. The molecule has 0 amide bonds. The summed E-state index contributed by atoms with van der Waals surface area (Å²) in [7, 11) is 0. The van der Waals surface area contributed by atoms with Crippen LogP contribution in [0.2, 0.25) is 5.02 Å². The predicted octanol–water partition coefficient (Wildman–Crippen LogP) is 2.11. The molecule has 0 aromatic carbocycles. The van der Waals surface area contributed by atoms with E-state index in [4.69, 9.17) is 43.8 Å². The van der Waals surface area contributed by atoms with Gasteiger partial charge >= 0.3 is 11.9 Å². The Balaban J connectivity index is 0.000000392. The van der Waals surface area contributed by atoms with Gasteiger partial charge in [-0.05, 0) is 25.8 Å². The Bertz CT molecular complexity index is 1090. The Kier molecular flexibility index (Phi) is 9.17. The van der Waals surface area contributed by atoms with E-state index in [-0.39, 0.29) is 36.2 Å². The number of carboxylic acids is 2. The second-order valence-corrected chi connectivity index (χ2v) is 10.1. The number of aromatic nitrogens is 3. The monoisotopic (exact) mass is 539 g/mol. The fraction of sp³-hybridized carbons (Fsp3) is 0.500. The molecule has 2 aromatic heterocycles. The van der Waals surface area contributed by atoms with Crippen LogP contribution in [0.4, 0.5) is 17.5 Å². The lowest BCUT2D eigenvalue weighted by molar-refractivity contribution is -0.143. The molecule has 0 bridgehead atoms. The first kappa shape index (κ1) is 27.7. The lowest BCUT2D eigenvalue weighted by atomic mass is 9.73. The van der Waals surface area contributed by atoms with Gasteiger partial charge in [0, 0.05) is 35.6 Å². The smallest absolute Gasteiger partial charge is 0.303 e. The molecule has 4 heterocycles. The number of halogens is 1. The van der Waals surface area contributed by atoms with Crippen molar-refractivity contribution in [1.29, 1.82) is 0 Å². The van der Waals surface area contributed by atoms with Gasteiger partial charge in [0.05, 0.1) is 36.8 Å². The Labute approximate surface area is 217 Å². The topological polar surface area (TPSA) is 204 Å². The minimum absolute atomic E-state index is 0.0721. The van der Waals surface area contributed by atoms with Gasteiger partial charge in [-0.25, -0.2) is 15.0 Å². The van der Waals surface area contributed by atoms with E-state index in [2.05, 4.69) is 26.8 Å². The largest absolute Gasteiger partial charge is 0.481 e. The van der Waals surface area contributed by atoms with E-state index in [9.17, 15) is 9.59 Å². The molecule has 0 aliphatic carbocycles. The molecule has 0 unspecified atom stereocenters. The molecule has 2 fully saturated rings. The van der Waals surface area contributed by atoms with Crippen LogP contribution in [0.3, 0.4) is 0 Å². The van der Waals surface area contributed by atoms with E-state index in [0.29, 0.717) is 15.9 Å². The van der Waals surface area contributed by atoms with Crippen molar-refractivity contribution in [2.75, 3.05) is 36.1 Å². The lowest BCUT2D eigenvalue weighted by Gasteiger charge is -2.41. The molecule has 14 heteroatoms. The highest BCUT2D eigenvalue weighted by Gasteiger charge is 2.47. The number of carboxylic acid groups (broad SMARTS) is 2. The second-order valence-electron chi connectivity index (χ2n) is 8.71. The minimum Gasteiger partial charge on any atom is -0.481 e. The van der Waals surface area contributed by atoms with Crippen LogP contribution in [0.25, 0.3) is 0 Å². The number of nitrogens with two attached hydrogens (primary N) is 3. The lowest BCUT2D eigenvalue weighted by Crippen LogP contribution is -2.50. The molecule has 2 atom stereocenters. The molecule has 2 aromatic rings. The van der Waals surface area contributed by atoms with Crippen molar-refractivity contribution in [2.45, 2.75) is 54.7 Å². The van der Waals surface area contributed by atoms with Gasteiger partial charge in [0.1, 0.15) is 16.7 Å². The summed E-state index contributed by atoms with van der Waals surface area (Å²) in [4.78, 5) is 35.2. The highest BCUT2D eigenvalue weighted by atomic mass is 35.5. The molecule has 1 spiro atoms. The molecule has 12 nitrogen and oxygen atoms in total. The number of pyridine rings is 1. The molecule has 8 N–H and O–H groups in total. The number of anilines is 3. The predicted molar refractivity (Wildman–Crippen MR) is 136 cm³/mol. The van der Waals surface area contributed by atoms with Gasteiger partial charge in [-0.15, -0.1) is 0 Å². The molecule has 2 aliphatic heterocycles. The number of hydrogen-bond acceptors (Lipinski definition) is 11. The van der Waals surface area contributed by atoms with Crippen molar-refractivity contribution in [3.63, 3.8) is 0 Å². The first-order chi connectivity index (χ1) is 17.0. The summed E-state index contributed by atoms with van der Waals surface area (Å²) in [5.74, 6) is -0.735. The summed E-state index contributed by atoms with van der Waals surface area (Å²) in [5.41, 5.74) is 18.4. The molecule has 4 rings (SSSR count). The number of aliphatic carboxylic acids is 2. The van der Waals surface area contributed by atoms with Gasteiger partial charge in [0.2, 0.25) is 0 Å². The minimum atomic E-state index is -1.08. The standard InChI is InChI=1S/C18H24ClN7OS.C4H6O4/c1-10-14(20)18(9-27-10)3-6-26(7-4-18)12-8-24-17(16(22)25-12)28-11-2-5-23-15(21)13(11)19;5-3(6)1-2-4(7)8/h2,5,8,10,14H,3-4,6-7,9,20H2,1H3,(H2,21,23)(H2,22,25);1-2H2,(H,5,6)(H,7,8)/t10-,14+;/m0./s1. The molecule has 36 heavy (non-hydrogen) atoms. The van der Waals surface area contributed by atoms with E-state index in [1.165, 1.54) is 11.8 Å². The van der Waals surface area contributed by atoms with Crippen LogP contribution >= 0.6 is 23.4 Å². The number of piperidine rings is 1. The zero-order valence-corrected chi connectivity index (χ0v) is 21.3. The fourth-order valence-electron chi connectivity index (χ4n) is 4.11. The Morgan fingerprint density at radius 1 is 1.19 bits per heavy atom. The number of rotatable bonds is 6. The summed E-state index contributed by atoms with van der Waals surface area (Å²) in [6.07, 6.45) is 4.83. The van der Waals surface area contributed by atoms with Crippen molar-refractivity contribution in [3.8, 4) is 0 Å². The summed E-state index contributed by atoms with van der Waals surface area (Å²) < 4.78 is 5.79. The van der Waals surface area contributed by atoms with Gasteiger partial charge in [-0.2, -0.15) is 0 Å². The normalized spacial score (nSPS) is 20.6. The quantitative estimate of drug-likeness (QED) is 0.357. The van der Waals surface area contributed by atoms with Crippen LogP contribution in [-0.4, -0.2) is 68.9 Å². The van der Waals surface area contributed by atoms with E-state index in [1.54, 1.807) is 18.5 Å². The number of carbonyl (C=O) groups is 2. The summed E-state index contributed by atoms with van der Waals surface area (Å²) in [6.45, 7) is 4.51. The first-order valence-corrected chi connectivity index (χ1v) is 12.5. The SMILES string of the molecule is C[C@@H]1OCC2(CCN(c3cnc(Sc4ccnc(N)c4Cl)c(N)n3)CC2)[C@@H]1N.O=C(O)CCC(=O)O. The average Bonchev–Trinajstić information content (AvgIpc) is 3.11. The van der Waals surface area contributed by atoms with E-state index in [1.807, 2.05) is 0 Å². The van der Waals surface area contributed by atoms with Gasteiger partial charge in [-0.1, -0.05) is 23.4 Å². The van der Waals surface area contributed by atoms with E-state index in [0.717, 1.165) is 43.3 Å². The summed E-state index contributed by atoms with van der Waals surface area (Å²) in [6, 6.07) is 1.86. The van der Waals surface area contributed by atoms with Crippen molar-refractivity contribution < 1.29 is 24.5 Å². The Morgan fingerprint density at radius 3 is 2.36 bits per heavy atom. The number of ether oxygens (including phenoxy) is 1. The van der Waals surface area contributed by atoms with Crippen molar-refractivity contribution in [2.24, 2.45) is 11.1 Å². The molecule has 2 aliphatic rings. The molecule has 196 valence electrons. The van der Waals surface area contributed by atoms with Crippen molar-refractivity contribution >= 4 is 52.8 Å². The van der Waals surface area contributed by atoms with Crippen LogP contribution in [0, 0.1) is 5.41 Å². The van der Waals surface area contributed by atoms with Crippen LogP contribution in [-0.2, 0) is 14.3 Å². The molecule has 0 radical (unpaired) electrons. The van der Waals surface area contributed by atoms with E-state index < -0.39 is 11.9 Å². The molecular weight excluding hydrogens is 510 g/mol. The van der Waals surface area contributed by atoms with Crippen LogP contribution in [0.15, 0.2) is 28.4 Å². The second kappa shape index (κ2) is 11.9. The third kappa shape index (κ3) is 6.66. The Morgan fingerprint density at radius 2 is 1.83 bits per heavy atom. The number of hydrogen-bond donors (Lipinski definition) is 5. The zero-order chi connectivity index (χ0) is 26.5. The third-order valence-corrected chi connectivity index (χ3v) is 7.90.